The van der Waals surface area contributed by atoms with Crippen molar-refractivity contribution < 1.29 is 18.7 Å². The Labute approximate surface area is 169 Å². The van der Waals surface area contributed by atoms with Gasteiger partial charge in [0.25, 0.3) is 0 Å². The minimum absolute atomic E-state index is 0.00422. The fourth-order valence-electron chi connectivity index (χ4n) is 3.37. The molecule has 0 spiro atoms. The van der Waals surface area contributed by atoms with Crippen molar-refractivity contribution in [3.8, 4) is 11.5 Å². The molecular formula is C21H24ClFN2O3. The highest BCUT2D eigenvalue weighted by Crippen LogP contribution is 2.24. The molecule has 0 saturated carbocycles. The molecule has 0 aromatic heterocycles. The molecule has 0 bridgehead atoms. The number of benzene rings is 2. The molecule has 2 aromatic rings. The third-order valence-corrected chi connectivity index (χ3v) is 5.17. The second kappa shape index (κ2) is 9.26. The molecule has 0 atom stereocenters. The van der Waals surface area contributed by atoms with Crippen LogP contribution in [0.15, 0.2) is 36.4 Å². The number of carbonyl (C=O) groups is 1. The van der Waals surface area contributed by atoms with Crippen molar-refractivity contribution in [2.24, 2.45) is 0 Å². The van der Waals surface area contributed by atoms with Gasteiger partial charge in [-0.05, 0) is 35.9 Å². The number of methoxy groups -OCH3 is 2. The summed E-state index contributed by atoms with van der Waals surface area (Å²) in [5.41, 5.74) is 1.68. The molecule has 2 aromatic carbocycles. The van der Waals surface area contributed by atoms with Gasteiger partial charge in [0.05, 0.1) is 20.6 Å². The molecule has 1 aliphatic rings. The summed E-state index contributed by atoms with van der Waals surface area (Å²) in [7, 11) is 3.06. The van der Waals surface area contributed by atoms with Crippen LogP contribution in [0, 0.1) is 5.82 Å². The maximum absolute atomic E-state index is 13.8. The number of hydrogen-bond acceptors (Lipinski definition) is 4. The summed E-state index contributed by atoms with van der Waals surface area (Å²) in [6.45, 7) is 3.52. The number of halogens is 2. The molecule has 1 saturated heterocycles. The maximum Gasteiger partial charge on any atom is 0.227 e. The Morgan fingerprint density at radius 2 is 1.71 bits per heavy atom. The third-order valence-electron chi connectivity index (χ3n) is 4.93. The van der Waals surface area contributed by atoms with Crippen LogP contribution in [0.1, 0.15) is 11.1 Å². The van der Waals surface area contributed by atoms with Crippen molar-refractivity contribution in [3.05, 3.63) is 58.4 Å². The maximum atomic E-state index is 13.8. The summed E-state index contributed by atoms with van der Waals surface area (Å²) in [5.74, 6) is 0.545. The van der Waals surface area contributed by atoms with E-state index in [1.54, 1.807) is 19.2 Å². The van der Waals surface area contributed by atoms with Crippen LogP contribution in [-0.4, -0.2) is 56.1 Å². The van der Waals surface area contributed by atoms with E-state index in [1.807, 2.05) is 23.1 Å². The summed E-state index contributed by atoms with van der Waals surface area (Å²) < 4.78 is 24.1. The van der Waals surface area contributed by atoms with Gasteiger partial charge in [-0.1, -0.05) is 17.7 Å². The molecule has 28 heavy (non-hydrogen) atoms. The Bertz CT molecular complexity index is 838. The molecule has 0 aliphatic carbocycles. The fourth-order valence-corrected chi connectivity index (χ4v) is 3.57. The molecule has 3 rings (SSSR count). The van der Waals surface area contributed by atoms with Gasteiger partial charge >= 0.3 is 0 Å². The molecule has 5 nitrogen and oxygen atoms in total. The van der Waals surface area contributed by atoms with E-state index in [0.29, 0.717) is 23.7 Å². The summed E-state index contributed by atoms with van der Waals surface area (Å²) in [5, 5.41) is 0.677. The average Bonchev–Trinajstić information content (AvgIpc) is 2.69. The van der Waals surface area contributed by atoms with Crippen LogP contribution in [0.5, 0.6) is 11.5 Å². The number of hydrogen-bond donors (Lipinski definition) is 0. The molecule has 1 aliphatic heterocycles. The number of carbonyl (C=O) groups excluding carboxylic acids is 1. The van der Waals surface area contributed by atoms with E-state index in [-0.39, 0.29) is 18.1 Å². The van der Waals surface area contributed by atoms with Gasteiger partial charge in [0.2, 0.25) is 5.91 Å². The first-order valence-electron chi connectivity index (χ1n) is 9.15. The lowest BCUT2D eigenvalue weighted by Crippen LogP contribution is -2.48. The Kier molecular flexibility index (Phi) is 6.75. The third kappa shape index (κ3) is 4.94. The molecule has 0 unspecified atom stereocenters. The Morgan fingerprint density at radius 1 is 1.04 bits per heavy atom. The van der Waals surface area contributed by atoms with Crippen LogP contribution in [0.2, 0.25) is 5.02 Å². The zero-order chi connectivity index (χ0) is 20.1. The highest BCUT2D eigenvalue weighted by Gasteiger charge is 2.22. The van der Waals surface area contributed by atoms with Gasteiger partial charge in [-0.25, -0.2) is 4.39 Å². The monoisotopic (exact) mass is 406 g/mol. The van der Waals surface area contributed by atoms with Crippen molar-refractivity contribution in [3.63, 3.8) is 0 Å². The summed E-state index contributed by atoms with van der Waals surface area (Å²) in [6.07, 6.45) is 0.184. The summed E-state index contributed by atoms with van der Waals surface area (Å²) >= 11 is 6.10. The Balaban J connectivity index is 1.54. The van der Waals surface area contributed by atoms with Crippen molar-refractivity contribution in [1.29, 1.82) is 0 Å². The van der Waals surface area contributed by atoms with Gasteiger partial charge in [-0.15, -0.1) is 0 Å². The Hall–Kier alpha value is -2.31. The molecular weight excluding hydrogens is 383 g/mol. The molecule has 0 radical (unpaired) electrons. The summed E-state index contributed by atoms with van der Waals surface area (Å²) in [6, 6.07) is 10.2. The molecule has 1 amide bonds. The van der Waals surface area contributed by atoms with Gasteiger partial charge < -0.3 is 14.4 Å². The van der Waals surface area contributed by atoms with E-state index < -0.39 is 5.82 Å². The van der Waals surface area contributed by atoms with Crippen LogP contribution in [-0.2, 0) is 17.8 Å². The zero-order valence-electron chi connectivity index (χ0n) is 16.1. The number of piperazine rings is 1. The normalized spacial score (nSPS) is 14.8. The second-order valence-electron chi connectivity index (χ2n) is 6.76. The van der Waals surface area contributed by atoms with Crippen molar-refractivity contribution in [2.45, 2.75) is 13.0 Å². The van der Waals surface area contributed by atoms with E-state index in [2.05, 4.69) is 4.90 Å². The molecule has 150 valence electrons. The largest absolute Gasteiger partial charge is 0.496 e. The standard InChI is InChI=1S/C21H24ClFN2O3/c1-27-19-6-4-17(22)13-16(19)14-24-7-9-25(10-8-24)21(26)12-15-3-5-20(28-2)18(23)11-15/h3-6,11,13H,7-10,12,14H2,1-2H3. The molecule has 7 heteroatoms. The van der Waals surface area contributed by atoms with Gasteiger partial charge in [0.15, 0.2) is 11.6 Å². The van der Waals surface area contributed by atoms with Crippen LogP contribution >= 0.6 is 11.6 Å². The van der Waals surface area contributed by atoms with Crippen LogP contribution in [0.4, 0.5) is 4.39 Å². The number of amides is 1. The predicted octanol–water partition coefficient (Wildman–Crippen LogP) is 3.38. The quantitative estimate of drug-likeness (QED) is 0.737. The lowest BCUT2D eigenvalue weighted by Gasteiger charge is -2.35. The van der Waals surface area contributed by atoms with Crippen molar-refractivity contribution in [1.82, 2.24) is 9.80 Å². The van der Waals surface area contributed by atoms with E-state index in [9.17, 15) is 9.18 Å². The smallest absolute Gasteiger partial charge is 0.227 e. The topological polar surface area (TPSA) is 42.0 Å². The van der Waals surface area contributed by atoms with Gasteiger partial charge in [0.1, 0.15) is 5.75 Å². The SMILES string of the molecule is COc1ccc(CC(=O)N2CCN(Cc3cc(Cl)ccc3OC)CC2)cc1F. The first-order chi connectivity index (χ1) is 13.5. The van der Waals surface area contributed by atoms with Gasteiger partial charge in [0, 0.05) is 43.3 Å². The van der Waals surface area contributed by atoms with Crippen LogP contribution in [0.3, 0.4) is 0 Å². The first-order valence-corrected chi connectivity index (χ1v) is 9.53. The second-order valence-corrected chi connectivity index (χ2v) is 7.20. The van der Waals surface area contributed by atoms with E-state index >= 15 is 0 Å². The van der Waals surface area contributed by atoms with Crippen molar-refractivity contribution >= 4 is 17.5 Å². The number of rotatable bonds is 6. The highest BCUT2D eigenvalue weighted by atomic mass is 35.5. The summed E-state index contributed by atoms with van der Waals surface area (Å²) in [4.78, 5) is 16.7. The Morgan fingerprint density at radius 3 is 2.36 bits per heavy atom. The number of ether oxygens (including phenoxy) is 2. The minimum atomic E-state index is -0.451. The highest BCUT2D eigenvalue weighted by molar-refractivity contribution is 6.30. The van der Waals surface area contributed by atoms with Crippen LogP contribution in [0.25, 0.3) is 0 Å². The molecule has 1 heterocycles. The van der Waals surface area contributed by atoms with E-state index in [4.69, 9.17) is 21.1 Å². The van der Waals surface area contributed by atoms with E-state index in [1.165, 1.54) is 13.2 Å². The average molecular weight is 407 g/mol. The number of nitrogens with zero attached hydrogens (tertiary/aromatic N) is 2. The molecule has 0 N–H and O–H groups in total. The van der Waals surface area contributed by atoms with Crippen LogP contribution < -0.4 is 9.47 Å². The van der Waals surface area contributed by atoms with Gasteiger partial charge in [-0.3, -0.25) is 9.69 Å². The first kappa shape index (κ1) is 20.4. The lowest BCUT2D eigenvalue weighted by molar-refractivity contribution is -0.132. The molecule has 1 fully saturated rings. The fraction of sp³-hybridized carbons (Fsp3) is 0.381. The van der Waals surface area contributed by atoms with E-state index in [0.717, 1.165) is 30.9 Å². The predicted molar refractivity (Wildman–Crippen MR) is 107 cm³/mol. The zero-order valence-corrected chi connectivity index (χ0v) is 16.8. The minimum Gasteiger partial charge on any atom is -0.496 e. The van der Waals surface area contributed by atoms with Gasteiger partial charge in [-0.2, -0.15) is 0 Å². The van der Waals surface area contributed by atoms with Crippen molar-refractivity contribution in [2.75, 3.05) is 40.4 Å². The lowest BCUT2D eigenvalue weighted by atomic mass is 10.1.